The minimum atomic E-state index is -0.300. The quantitative estimate of drug-likeness (QED) is 0.752. The summed E-state index contributed by atoms with van der Waals surface area (Å²) in [5, 5.41) is 8.44. The number of fused-ring (bicyclic) bond motifs is 1. The molecular weight excluding hydrogens is 348 g/mol. The molecule has 1 fully saturated rings. The third-order valence-corrected chi connectivity index (χ3v) is 4.78. The highest BCUT2D eigenvalue weighted by Gasteiger charge is 2.26. The minimum Gasteiger partial charge on any atom is -0.482 e. The molecule has 1 unspecified atom stereocenters. The van der Waals surface area contributed by atoms with Crippen molar-refractivity contribution in [3.05, 3.63) is 42.4 Å². The first-order chi connectivity index (χ1) is 13.2. The molecule has 27 heavy (non-hydrogen) atoms. The van der Waals surface area contributed by atoms with Gasteiger partial charge in [-0.15, -0.1) is 0 Å². The molecule has 2 aliphatic rings. The van der Waals surface area contributed by atoms with Crippen molar-refractivity contribution in [3.63, 3.8) is 0 Å². The van der Waals surface area contributed by atoms with Crippen molar-refractivity contribution in [1.29, 1.82) is 0 Å². The molecule has 1 aromatic heterocycles. The first kappa shape index (κ1) is 17.4. The van der Waals surface area contributed by atoms with Crippen LogP contribution >= 0.6 is 0 Å². The van der Waals surface area contributed by atoms with Crippen molar-refractivity contribution < 1.29 is 18.7 Å². The highest BCUT2D eigenvalue weighted by Crippen LogP contribution is 2.30. The van der Waals surface area contributed by atoms with Crippen molar-refractivity contribution in [2.24, 2.45) is 0 Å². The minimum absolute atomic E-state index is 0.0235. The van der Waals surface area contributed by atoms with Crippen LogP contribution in [0.4, 0.5) is 16.2 Å². The van der Waals surface area contributed by atoms with Crippen LogP contribution in [0.25, 0.3) is 0 Å². The van der Waals surface area contributed by atoms with Crippen LogP contribution in [-0.4, -0.2) is 43.1 Å². The number of anilines is 2. The molecule has 3 amide bonds. The van der Waals surface area contributed by atoms with Gasteiger partial charge in [-0.2, -0.15) is 0 Å². The summed E-state index contributed by atoms with van der Waals surface area (Å²) in [6.07, 6.45) is 3.98. The second-order valence-corrected chi connectivity index (χ2v) is 6.66. The number of nitrogens with zero attached hydrogens (tertiary/aromatic N) is 1. The third-order valence-electron chi connectivity index (χ3n) is 4.78. The van der Waals surface area contributed by atoms with Gasteiger partial charge in [0.15, 0.2) is 6.61 Å². The maximum atomic E-state index is 12.3. The van der Waals surface area contributed by atoms with Crippen LogP contribution in [0.15, 0.2) is 41.0 Å². The van der Waals surface area contributed by atoms with Gasteiger partial charge in [0, 0.05) is 18.3 Å². The van der Waals surface area contributed by atoms with Gasteiger partial charge in [-0.3, -0.25) is 9.69 Å². The van der Waals surface area contributed by atoms with E-state index >= 15 is 0 Å². The second-order valence-electron chi connectivity index (χ2n) is 6.66. The monoisotopic (exact) mass is 370 g/mol. The van der Waals surface area contributed by atoms with E-state index < -0.39 is 0 Å². The van der Waals surface area contributed by atoms with Crippen molar-refractivity contribution in [1.82, 2.24) is 10.2 Å². The number of ether oxygens (including phenoxy) is 1. The Morgan fingerprint density at radius 1 is 1.26 bits per heavy atom. The van der Waals surface area contributed by atoms with Gasteiger partial charge in [0.2, 0.25) is 0 Å². The summed E-state index contributed by atoms with van der Waals surface area (Å²) in [7, 11) is 0. The summed E-state index contributed by atoms with van der Waals surface area (Å²) >= 11 is 0. The van der Waals surface area contributed by atoms with E-state index in [4.69, 9.17) is 9.15 Å². The molecular formula is C19H22N4O4. The number of amides is 3. The predicted octanol–water partition coefficient (Wildman–Crippen LogP) is 2.57. The Bertz CT molecular complexity index is 815. The van der Waals surface area contributed by atoms with Gasteiger partial charge in [-0.05, 0) is 50.2 Å². The topological polar surface area (TPSA) is 95.8 Å². The fourth-order valence-corrected chi connectivity index (χ4v) is 3.46. The van der Waals surface area contributed by atoms with E-state index in [1.54, 1.807) is 24.5 Å². The fraction of sp³-hybridized carbons (Fsp3) is 0.368. The summed E-state index contributed by atoms with van der Waals surface area (Å²) in [5.41, 5.74) is 1.20. The Morgan fingerprint density at radius 2 is 2.11 bits per heavy atom. The van der Waals surface area contributed by atoms with E-state index in [-0.39, 0.29) is 24.6 Å². The summed E-state index contributed by atoms with van der Waals surface area (Å²) in [6, 6.07) is 8.65. The van der Waals surface area contributed by atoms with Crippen LogP contribution in [0.1, 0.15) is 24.6 Å². The molecule has 0 bridgehead atoms. The van der Waals surface area contributed by atoms with Gasteiger partial charge in [0.25, 0.3) is 5.91 Å². The van der Waals surface area contributed by atoms with E-state index in [2.05, 4.69) is 20.9 Å². The molecule has 3 heterocycles. The SMILES string of the molecule is O=C1COc2cc(NC(=O)NCC(c3ccco3)N3CCCC3)ccc2N1. The Hall–Kier alpha value is -3.00. The van der Waals surface area contributed by atoms with Crippen molar-refractivity contribution in [2.75, 3.05) is 36.9 Å². The number of likely N-dealkylation sites (tertiary alicyclic amines) is 1. The van der Waals surface area contributed by atoms with E-state index in [0.29, 0.717) is 23.7 Å². The molecule has 4 rings (SSSR count). The molecule has 1 aromatic carbocycles. The number of hydrogen-bond donors (Lipinski definition) is 3. The number of rotatable bonds is 5. The van der Waals surface area contributed by atoms with Crippen LogP contribution < -0.4 is 20.7 Å². The van der Waals surface area contributed by atoms with Crippen LogP contribution in [0.5, 0.6) is 5.75 Å². The van der Waals surface area contributed by atoms with E-state index in [0.717, 1.165) is 31.7 Å². The maximum absolute atomic E-state index is 12.3. The standard InChI is InChI=1S/C19H22N4O4/c24-18-12-27-17-10-13(5-6-14(17)22-18)21-19(25)20-11-15(16-4-3-9-26-16)23-7-1-2-8-23/h3-6,9-10,15H,1-2,7-8,11-12H2,(H,22,24)(H2,20,21,25). The highest BCUT2D eigenvalue weighted by atomic mass is 16.5. The molecule has 2 aromatic rings. The highest BCUT2D eigenvalue weighted by molar-refractivity contribution is 5.96. The van der Waals surface area contributed by atoms with Crippen molar-refractivity contribution >= 4 is 23.3 Å². The molecule has 0 radical (unpaired) electrons. The molecule has 8 heteroatoms. The zero-order valence-corrected chi connectivity index (χ0v) is 14.9. The molecule has 0 saturated carbocycles. The lowest BCUT2D eigenvalue weighted by molar-refractivity contribution is -0.118. The summed E-state index contributed by atoms with van der Waals surface area (Å²) in [4.78, 5) is 26.0. The Morgan fingerprint density at radius 3 is 2.89 bits per heavy atom. The van der Waals surface area contributed by atoms with Crippen molar-refractivity contribution in [3.8, 4) is 5.75 Å². The van der Waals surface area contributed by atoms with Gasteiger partial charge in [0.05, 0.1) is 18.0 Å². The lowest BCUT2D eigenvalue weighted by atomic mass is 10.2. The summed E-state index contributed by atoms with van der Waals surface area (Å²) < 4.78 is 10.9. The van der Waals surface area contributed by atoms with E-state index in [9.17, 15) is 9.59 Å². The van der Waals surface area contributed by atoms with Gasteiger partial charge in [-0.1, -0.05) is 0 Å². The van der Waals surface area contributed by atoms with Crippen LogP contribution in [-0.2, 0) is 4.79 Å². The Balaban J connectivity index is 1.36. The average molecular weight is 370 g/mol. The first-order valence-corrected chi connectivity index (χ1v) is 9.08. The molecule has 3 N–H and O–H groups in total. The van der Waals surface area contributed by atoms with Crippen LogP contribution in [0, 0.1) is 0 Å². The lowest BCUT2D eigenvalue weighted by Crippen LogP contribution is -2.38. The normalized spacial score (nSPS) is 17.6. The zero-order chi connectivity index (χ0) is 18.6. The van der Waals surface area contributed by atoms with Crippen LogP contribution in [0.3, 0.4) is 0 Å². The number of urea groups is 1. The van der Waals surface area contributed by atoms with Crippen LogP contribution in [0.2, 0.25) is 0 Å². The van der Waals surface area contributed by atoms with Gasteiger partial charge < -0.3 is 25.1 Å². The number of nitrogens with one attached hydrogen (secondary N) is 3. The number of furan rings is 1. The summed E-state index contributed by atoms with van der Waals surface area (Å²) in [6.45, 7) is 2.44. The van der Waals surface area contributed by atoms with Gasteiger partial charge >= 0.3 is 6.03 Å². The molecule has 2 aliphatic heterocycles. The first-order valence-electron chi connectivity index (χ1n) is 9.08. The number of carbonyl (C=O) groups excluding carboxylic acids is 2. The summed E-state index contributed by atoms with van der Waals surface area (Å²) in [5.74, 6) is 1.21. The smallest absolute Gasteiger partial charge is 0.319 e. The largest absolute Gasteiger partial charge is 0.482 e. The molecule has 0 aliphatic carbocycles. The predicted molar refractivity (Wildman–Crippen MR) is 99.8 cm³/mol. The average Bonchev–Trinajstić information content (AvgIpc) is 3.36. The zero-order valence-electron chi connectivity index (χ0n) is 14.9. The maximum Gasteiger partial charge on any atom is 0.319 e. The molecule has 1 atom stereocenters. The van der Waals surface area contributed by atoms with E-state index in [1.807, 2.05) is 12.1 Å². The van der Waals surface area contributed by atoms with Gasteiger partial charge in [0.1, 0.15) is 11.5 Å². The number of carbonyl (C=O) groups is 2. The molecule has 0 spiro atoms. The molecule has 142 valence electrons. The number of benzene rings is 1. The van der Waals surface area contributed by atoms with E-state index in [1.165, 1.54) is 0 Å². The Kier molecular flexibility index (Phi) is 4.97. The van der Waals surface area contributed by atoms with Gasteiger partial charge in [-0.25, -0.2) is 4.79 Å². The molecule has 1 saturated heterocycles. The second kappa shape index (κ2) is 7.71. The van der Waals surface area contributed by atoms with Crippen molar-refractivity contribution in [2.45, 2.75) is 18.9 Å². The number of hydrogen-bond acceptors (Lipinski definition) is 5. The third kappa shape index (κ3) is 4.06. The molecule has 8 nitrogen and oxygen atoms in total. The lowest BCUT2D eigenvalue weighted by Gasteiger charge is -2.26. The Labute approximate surface area is 156 Å². The fourth-order valence-electron chi connectivity index (χ4n) is 3.46.